The van der Waals surface area contributed by atoms with Crippen molar-refractivity contribution in [2.45, 2.75) is 38.2 Å². The zero-order valence-electron chi connectivity index (χ0n) is 17.3. The third kappa shape index (κ3) is 3.50. The van der Waals surface area contributed by atoms with Gasteiger partial charge in [-0.15, -0.1) is 0 Å². The lowest BCUT2D eigenvalue weighted by atomic mass is 9.93. The molecule has 4 rings (SSSR count). The average molecular weight is 427 g/mol. The van der Waals surface area contributed by atoms with E-state index in [1.54, 1.807) is 12.1 Å². The van der Waals surface area contributed by atoms with Crippen LogP contribution in [0.2, 0.25) is 0 Å². The fourth-order valence-corrected chi connectivity index (χ4v) is 5.05. The second kappa shape index (κ2) is 7.52. The molecular weight excluding hydrogens is 403 g/mol. The highest BCUT2D eigenvalue weighted by Gasteiger charge is 2.33. The second-order valence-corrected chi connectivity index (χ2v) is 9.36. The van der Waals surface area contributed by atoms with Crippen LogP contribution in [0.15, 0.2) is 53.4 Å². The summed E-state index contributed by atoms with van der Waals surface area (Å²) in [4.78, 5) is 0.0718. The molecule has 4 nitrogen and oxygen atoms in total. The maximum Gasteiger partial charge on any atom is 0.297 e. The number of rotatable bonds is 4. The Morgan fingerprint density at radius 3 is 2.40 bits per heavy atom. The molecule has 0 amide bonds. The standard InChI is InChI=1S/C24H23FO4S/c1-14-8-9-22(30(26,27)28-4)19(10-14)21-12-17-11-18(25)13-20(24(17)29-21)23-15(2)6-5-7-16(23)3/h5-11,13,21H,12H2,1-4H3. The molecule has 3 aromatic rings. The van der Waals surface area contributed by atoms with Crippen molar-refractivity contribution in [2.75, 3.05) is 7.11 Å². The van der Waals surface area contributed by atoms with E-state index >= 15 is 0 Å². The third-order valence-corrected chi connectivity index (χ3v) is 6.90. The molecule has 0 fully saturated rings. The van der Waals surface area contributed by atoms with Gasteiger partial charge in [-0.1, -0.05) is 35.9 Å². The molecule has 1 atom stereocenters. The number of hydrogen-bond acceptors (Lipinski definition) is 4. The van der Waals surface area contributed by atoms with Crippen molar-refractivity contribution >= 4 is 10.1 Å². The third-order valence-electron chi connectivity index (χ3n) is 5.55. The molecular formula is C24H23FO4S. The zero-order valence-corrected chi connectivity index (χ0v) is 18.1. The minimum Gasteiger partial charge on any atom is -0.484 e. The highest BCUT2D eigenvalue weighted by Crippen LogP contribution is 2.46. The van der Waals surface area contributed by atoms with Gasteiger partial charge in [0.05, 0.1) is 7.11 Å². The Hall–Kier alpha value is -2.70. The van der Waals surface area contributed by atoms with Crippen LogP contribution in [-0.4, -0.2) is 15.5 Å². The minimum atomic E-state index is -3.91. The predicted octanol–water partition coefficient (Wildman–Crippen LogP) is 5.43. The maximum absolute atomic E-state index is 14.5. The summed E-state index contributed by atoms with van der Waals surface area (Å²) >= 11 is 0. The topological polar surface area (TPSA) is 52.6 Å². The lowest BCUT2D eigenvalue weighted by molar-refractivity contribution is 0.235. The molecule has 0 saturated heterocycles. The summed E-state index contributed by atoms with van der Waals surface area (Å²) in [6.45, 7) is 5.85. The molecule has 0 aromatic heterocycles. The Bertz CT molecular complexity index is 1230. The molecule has 30 heavy (non-hydrogen) atoms. The van der Waals surface area contributed by atoms with Crippen molar-refractivity contribution in [1.82, 2.24) is 0 Å². The number of fused-ring (bicyclic) bond motifs is 1. The molecule has 156 valence electrons. The molecule has 1 aliphatic rings. The maximum atomic E-state index is 14.5. The Kier molecular flexibility index (Phi) is 5.16. The Balaban J connectivity index is 1.86. The number of benzene rings is 3. The first kappa shape index (κ1) is 20.6. The van der Waals surface area contributed by atoms with Gasteiger partial charge in [-0.2, -0.15) is 8.42 Å². The van der Waals surface area contributed by atoms with Gasteiger partial charge in [0.1, 0.15) is 22.6 Å². The fraction of sp³-hybridized carbons (Fsp3) is 0.250. The molecule has 0 spiro atoms. The van der Waals surface area contributed by atoms with Gasteiger partial charge in [-0.25, -0.2) is 4.39 Å². The Labute approximate surface area is 176 Å². The summed E-state index contributed by atoms with van der Waals surface area (Å²) in [6, 6.07) is 13.9. The first-order valence-corrected chi connectivity index (χ1v) is 11.1. The number of ether oxygens (including phenoxy) is 1. The highest BCUT2D eigenvalue weighted by atomic mass is 32.2. The van der Waals surface area contributed by atoms with Crippen LogP contribution < -0.4 is 4.74 Å². The van der Waals surface area contributed by atoms with Crippen LogP contribution in [0.5, 0.6) is 5.75 Å². The molecule has 3 aromatic carbocycles. The molecule has 6 heteroatoms. The average Bonchev–Trinajstić information content (AvgIpc) is 3.11. The molecule has 0 bridgehead atoms. The van der Waals surface area contributed by atoms with Gasteiger partial charge >= 0.3 is 0 Å². The quantitative estimate of drug-likeness (QED) is 0.522. The Morgan fingerprint density at radius 2 is 1.73 bits per heavy atom. The number of halogens is 1. The van der Waals surface area contributed by atoms with Gasteiger partial charge in [0.25, 0.3) is 10.1 Å². The monoisotopic (exact) mass is 426 g/mol. The van der Waals surface area contributed by atoms with Gasteiger partial charge in [0.15, 0.2) is 0 Å². The summed E-state index contributed by atoms with van der Waals surface area (Å²) in [7, 11) is -2.77. The fourth-order valence-electron chi connectivity index (χ4n) is 4.16. The largest absolute Gasteiger partial charge is 0.484 e. The van der Waals surface area contributed by atoms with Crippen LogP contribution in [0.4, 0.5) is 4.39 Å². The summed E-state index contributed by atoms with van der Waals surface area (Å²) < 4.78 is 50.5. The van der Waals surface area contributed by atoms with E-state index in [1.807, 2.05) is 39.0 Å². The van der Waals surface area contributed by atoms with E-state index < -0.39 is 16.2 Å². The lowest BCUT2D eigenvalue weighted by Gasteiger charge is -2.18. The molecule has 1 unspecified atom stereocenters. The van der Waals surface area contributed by atoms with Crippen molar-refractivity contribution in [3.63, 3.8) is 0 Å². The van der Waals surface area contributed by atoms with Crippen LogP contribution in [0.3, 0.4) is 0 Å². The van der Waals surface area contributed by atoms with E-state index in [9.17, 15) is 12.8 Å². The normalized spacial score (nSPS) is 15.7. The smallest absolute Gasteiger partial charge is 0.297 e. The van der Waals surface area contributed by atoms with E-state index in [-0.39, 0.29) is 10.7 Å². The van der Waals surface area contributed by atoms with Crippen molar-refractivity contribution < 1.29 is 21.7 Å². The summed E-state index contributed by atoms with van der Waals surface area (Å²) in [6.07, 6.45) is -0.176. The van der Waals surface area contributed by atoms with Crippen molar-refractivity contribution in [3.05, 3.63) is 82.2 Å². The number of aryl methyl sites for hydroxylation is 3. The zero-order chi connectivity index (χ0) is 21.6. The summed E-state index contributed by atoms with van der Waals surface area (Å²) in [5.74, 6) is 0.255. The summed E-state index contributed by atoms with van der Waals surface area (Å²) in [5.41, 5.74) is 5.80. The predicted molar refractivity (Wildman–Crippen MR) is 114 cm³/mol. The van der Waals surface area contributed by atoms with Gasteiger partial charge in [-0.05, 0) is 55.7 Å². The second-order valence-electron chi connectivity index (χ2n) is 7.68. The first-order valence-electron chi connectivity index (χ1n) is 9.68. The van der Waals surface area contributed by atoms with Crippen LogP contribution >= 0.6 is 0 Å². The Morgan fingerprint density at radius 1 is 1.03 bits per heavy atom. The van der Waals surface area contributed by atoms with E-state index in [4.69, 9.17) is 8.92 Å². The van der Waals surface area contributed by atoms with Crippen molar-refractivity contribution in [3.8, 4) is 16.9 Å². The minimum absolute atomic E-state index is 0.0718. The molecule has 0 radical (unpaired) electrons. The van der Waals surface area contributed by atoms with Crippen LogP contribution in [0, 0.1) is 26.6 Å². The van der Waals surface area contributed by atoms with Crippen LogP contribution in [-0.2, 0) is 20.7 Å². The number of hydrogen-bond donors (Lipinski definition) is 0. The SMILES string of the molecule is COS(=O)(=O)c1ccc(C)cc1C1Cc2cc(F)cc(-c3c(C)cccc3C)c2O1. The van der Waals surface area contributed by atoms with Crippen LogP contribution in [0.1, 0.15) is 33.9 Å². The van der Waals surface area contributed by atoms with Gasteiger partial charge in [0, 0.05) is 23.1 Å². The van der Waals surface area contributed by atoms with Crippen LogP contribution in [0.25, 0.3) is 11.1 Å². The van der Waals surface area contributed by atoms with Gasteiger partial charge < -0.3 is 4.74 Å². The van der Waals surface area contributed by atoms with E-state index in [2.05, 4.69) is 0 Å². The van der Waals surface area contributed by atoms with E-state index in [0.717, 1.165) is 34.9 Å². The van der Waals surface area contributed by atoms with E-state index in [1.165, 1.54) is 18.2 Å². The van der Waals surface area contributed by atoms with E-state index in [0.29, 0.717) is 23.3 Å². The molecule has 0 aliphatic carbocycles. The molecule has 0 N–H and O–H groups in total. The summed E-state index contributed by atoms with van der Waals surface area (Å²) in [5, 5.41) is 0. The molecule has 1 aliphatic heterocycles. The first-order chi connectivity index (χ1) is 14.2. The van der Waals surface area contributed by atoms with Crippen molar-refractivity contribution in [1.29, 1.82) is 0 Å². The lowest BCUT2D eigenvalue weighted by Crippen LogP contribution is -2.12. The highest BCUT2D eigenvalue weighted by molar-refractivity contribution is 7.86. The molecule has 0 saturated carbocycles. The molecule has 1 heterocycles. The van der Waals surface area contributed by atoms with Gasteiger partial charge in [0.2, 0.25) is 0 Å². The van der Waals surface area contributed by atoms with Gasteiger partial charge in [-0.3, -0.25) is 4.18 Å². The van der Waals surface area contributed by atoms with Crippen molar-refractivity contribution in [2.24, 2.45) is 0 Å².